The lowest BCUT2D eigenvalue weighted by atomic mass is 10.0. The zero-order chi connectivity index (χ0) is 13.4. The molecule has 0 aliphatic carbocycles. The maximum Gasteiger partial charge on any atom is 0.114 e. The molecule has 5 heteroatoms. The van der Waals surface area contributed by atoms with Crippen molar-refractivity contribution in [3.05, 3.63) is 61.4 Å². The van der Waals surface area contributed by atoms with Gasteiger partial charge in [-0.2, -0.15) is 0 Å². The van der Waals surface area contributed by atoms with Crippen LogP contribution < -0.4 is 0 Å². The number of halogens is 2. The second kappa shape index (κ2) is 5.32. The molecule has 2 nitrogen and oxygen atoms in total. The van der Waals surface area contributed by atoms with Gasteiger partial charge < -0.3 is 5.11 Å². The Morgan fingerprint density at radius 2 is 2.05 bits per heavy atom. The molecule has 0 radical (unpaired) electrons. The molecule has 3 rings (SSSR count). The van der Waals surface area contributed by atoms with E-state index in [1.54, 1.807) is 12.4 Å². The summed E-state index contributed by atoms with van der Waals surface area (Å²) >= 11 is 8.43. The van der Waals surface area contributed by atoms with Gasteiger partial charge in [0.15, 0.2) is 0 Å². The molecule has 2 heterocycles. The van der Waals surface area contributed by atoms with Crippen molar-refractivity contribution in [2.24, 2.45) is 0 Å². The Kier molecular flexibility index (Phi) is 3.71. The summed E-state index contributed by atoms with van der Waals surface area (Å²) in [5, 5.41) is 12.6. The van der Waals surface area contributed by atoms with Crippen LogP contribution in [0.5, 0.6) is 0 Å². The summed E-state index contributed by atoms with van der Waals surface area (Å²) in [5.41, 5.74) is 0.881. The van der Waals surface area contributed by atoms with Gasteiger partial charge in [-0.25, -0.2) is 0 Å². The van der Waals surface area contributed by atoms with E-state index in [1.807, 2.05) is 30.3 Å². The van der Waals surface area contributed by atoms with Crippen LogP contribution >= 0.6 is 43.2 Å². The molecule has 96 valence electrons. The molecule has 1 N–H and O–H groups in total. The molecule has 1 atom stereocenters. The number of pyridine rings is 1. The van der Waals surface area contributed by atoms with Crippen LogP contribution in [0.3, 0.4) is 0 Å². The predicted molar refractivity (Wildman–Crippen MR) is 85.5 cm³/mol. The van der Waals surface area contributed by atoms with Crippen molar-refractivity contribution in [2.45, 2.75) is 6.10 Å². The van der Waals surface area contributed by atoms with E-state index in [9.17, 15) is 5.11 Å². The lowest BCUT2D eigenvalue weighted by molar-refractivity contribution is 0.225. The molecule has 1 unspecified atom stereocenters. The summed E-state index contributed by atoms with van der Waals surface area (Å²) < 4.78 is 1.95. The van der Waals surface area contributed by atoms with Crippen LogP contribution in [0.15, 0.2) is 51.0 Å². The quantitative estimate of drug-likeness (QED) is 0.665. The Bertz CT molecular complexity index is 716. The minimum Gasteiger partial charge on any atom is -0.383 e. The smallest absolute Gasteiger partial charge is 0.114 e. The Morgan fingerprint density at radius 3 is 2.79 bits per heavy atom. The highest BCUT2D eigenvalue weighted by molar-refractivity contribution is 9.13. The van der Waals surface area contributed by atoms with Crippen LogP contribution in [-0.4, -0.2) is 10.1 Å². The van der Waals surface area contributed by atoms with Gasteiger partial charge in [0.05, 0.1) is 3.79 Å². The minimum absolute atomic E-state index is 0.638. The summed E-state index contributed by atoms with van der Waals surface area (Å²) in [6, 6.07) is 9.81. The molecule has 2 aromatic heterocycles. The van der Waals surface area contributed by atoms with Crippen molar-refractivity contribution in [1.82, 2.24) is 4.98 Å². The lowest BCUT2D eigenvalue weighted by Gasteiger charge is -2.11. The van der Waals surface area contributed by atoms with Crippen LogP contribution in [0, 0.1) is 0 Å². The van der Waals surface area contributed by atoms with E-state index >= 15 is 0 Å². The Labute approximate surface area is 131 Å². The Morgan fingerprint density at radius 1 is 1.21 bits per heavy atom. The number of hydrogen-bond donors (Lipinski definition) is 1. The van der Waals surface area contributed by atoms with Crippen LogP contribution in [0.4, 0.5) is 0 Å². The largest absolute Gasteiger partial charge is 0.383 e. The molecular formula is C14H9Br2NOS. The van der Waals surface area contributed by atoms with Crippen molar-refractivity contribution in [3.63, 3.8) is 0 Å². The summed E-state index contributed by atoms with van der Waals surface area (Å²) in [5.74, 6) is 0. The average molecular weight is 399 g/mol. The van der Waals surface area contributed by atoms with Crippen LogP contribution in [0.1, 0.15) is 16.5 Å². The van der Waals surface area contributed by atoms with Crippen molar-refractivity contribution in [2.75, 3.05) is 0 Å². The third kappa shape index (κ3) is 2.48. The zero-order valence-corrected chi connectivity index (χ0v) is 13.7. The maximum atomic E-state index is 10.6. The summed E-state index contributed by atoms with van der Waals surface area (Å²) in [4.78, 5) is 5.04. The fraction of sp³-hybridized carbons (Fsp3) is 0.0714. The van der Waals surface area contributed by atoms with E-state index in [2.05, 4.69) is 36.8 Å². The molecule has 0 saturated carbocycles. The van der Waals surface area contributed by atoms with E-state index in [0.29, 0.717) is 0 Å². The number of rotatable bonds is 2. The first-order valence-corrected chi connectivity index (χ1v) is 8.02. The molecule has 0 saturated heterocycles. The molecule has 1 aromatic carbocycles. The predicted octanol–water partition coefficient (Wildman–Crippen LogP) is 4.90. The first kappa shape index (κ1) is 13.2. The molecular weight excluding hydrogens is 390 g/mol. The van der Waals surface area contributed by atoms with Gasteiger partial charge >= 0.3 is 0 Å². The number of fused-ring (bicyclic) bond motifs is 1. The topological polar surface area (TPSA) is 33.1 Å². The summed E-state index contributed by atoms with van der Waals surface area (Å²) in [6.45, 7) is 0. The molecule has 0 fully saturated rings. The summed E-state index contributed by atoms with van der Waals surface area (Å²) in [7, 11) is 0. The van der Waals surface area contributed by atoms with Gasteiger partial charge in [0.25, 0.3) is 0 Å². The van der Waals surface area contributed by atoms with Gasteiger partial charge in [0.2, 0.25) is 0 Å². The van der Waals surface area contributed by atoms with Crippen molar-refractivity contribution in [1.29, 1.82) is 0 Å². The monoisotopic (exact) mass is 397 g/mol. The molecule has 0 amide bonds. The molecule has 19 heavy (non-hydrogen) atoms. The lowest BCUT2D eigenvalue weighted by Crippen LogP contribution is -1.98. The van der Waals surface area contributed by atoms with E-state index in [4.69, 9.17) is 0 Å². The van der Waals surface area contributed by atoms with Crippen LogP contribution in [0.25, 0.3) is 10.8 Å². The van der Waals surface area contributed by atoms with Gasteiger partial charge in [0, 0.05) is 27.1 Å². The second-order valence-electron chi connectivity index (χ2n) is 4.12. The zero-order valence-electron chi connectivity index (χ0n) is 9.68. The van der Waals surface area contributed by atoms with E-state index < -0.39 is 6.10 Å². The number of benzene rings is 1. The third-order valence-corrected chi connectivity index (χ3v) is 6.25. The van der Waals surface area contributed by atoms with Crippen molar-refractivity contribution < 1.29 is 5.11 Å². The second-order valence-corrected chi connectivity index (χ2v) is 7.37. The summed E-state index contributed by atoms with van der Waals surface area (Å²) in [6.07, 6.45) is 2.92. The standard InChI is InChI=1S/C14H9Br2NOS/c15-11-6-12(19-14(11)16)13(18)9-3-1-2-8-4-5-17-7-10(8)9/h1-7,13,18H. The Balaban J connectivity index is 2.13. The van der Waals surface area contributed by atoms with Crippen LogP contribution in [-0.2, 0) is 0 Å². The van der Waals surface area contributed by atoms with E-state index in [0.717, 1.165) is 29.5 Å². The highest BCUT2D eigenvalue weighted by Gasteiger charge is 2.17. The maximum absolute atomic E-state index is 10.6. The number of aliphatic hydroxyl groups excluding tert-OH is 1. The first-order valence-electron chi connectivity index (χ1n) is 5.62. The molecule has 0 spiro atoms. The molecule has 0 aliphatic heterocycles. The third-order valence-electron chi connectivity index (χ3n) is 2.95. The van der Waals surface area contributed by atoms with E-state index in [1.165, 1.54) is 11.3 Å². The number of nitrogens with zero attached hydrogens (tertiary/aromatic N) is 1. The molecule has 0 bridgehead atoms. The first-order chi connectivity index (χ1) is 9.16. The fourth-order valence-electron chi connectivity index (χ4n) is 2.03. The van der Waals surface area contributed by atoms with Gasteiger partial charge in [-0.15, -0.1) is 11.3 Å². The number of aliphatic hydroxyl groups is 1. The number of hydrogen-bond acceptors (Lipinski definition) is 3. The van der Waals surface area contributed by atoms with Crippen molar-refractivity contribution >= 4 is 54.0 Å². The SMILES string of the molecule is OC(c1cc(Br)c(Br)s1)c1cccc2ccncc12. The Hall–Kier alpha value is -0.750. The van der Waals surface area contributed by atoms with E-state index in [-0.39, 0.29) is 0 Å². The van der Waals surface area contributed by atoms with Crippen LogP contribution in [0.2, 0.25) is 0 Å². The minimum atomic E-state index is -0.638. The van der Waals surface area contributed by atoms with Crippen molar-refractivity contribution in [3.8, 4) is 0 Å². The van der Waals surface area contributed by atoms with Gasteiger partial charge in [-0.05, 0) is 54.9 Å². The highest BCUT2D eigenvalue weighted by Crippen LogP contribution is 2.38. The molecule has 0 aliphatic rings. The fourth-order valence-corrected chi connectivity index (χ4v) is 4.12. The average Bonchev–Trinajstić information content (AvgIpc) is 2.77. The molecule has 3 aromatic rings. The highest BCUT2D eigenvalue weighted by atomic mass is 79.9. The van der Waals surface area contributed by atoms with Gasteiger partial charge in [0.1, 0.15) is 6.10 Å². The van der Waals surface area contributed by atoms with Gasteiger partial charge in [-0.3, -0.25) is 4.98 Å². The number of aromatic nitrogens is 1. The number of thiophene rings is 1. The van der Waals surface area contributed by atoms with Gasteiger partial charge in [-0.1, -0.05) is 18.2 Å². The normalized spacial score (nSPS) is 12.8.